The van der Waals surface area contributed by atoms with Crippen molar-refractivity contribution >= 4 is 11.8 Å². The van der Waals surface area contributed by atoms with Gasteiger partial charge in [-0.1, -0.05) is 13.8 Å². The van der Waals surface area contributed by atoms with Gasteiger partial charge in [0.25, 0.3) is 0 Å². The third-order valence-corrected chi connectivity index (χ3v) is 5.48. The van der Waals surface area contributed by atoms with Crippen LogP contribution in [0.15, 0.2) is 18.5 Å². The molecule has 3 atom stereocenters. The van der Waals surface area contributed by atoms with Crippen LogP contribution in [0.25, 0.3) is 0 Å². The lowest BCUT2D eigenvalue weighted by Gasteiger charge is -2.45. The summed E-state index contributed by atoms with van der Waals surface area (Å²) in [4.78, 5) is 28.8. The number of carbonyl (C=O) groups is 2. The van der Waals surface area contributed by atoms with Crippen LogP contribution in [0, 0.1) is 11.8 Å². The van der Waals surface area contributed by atoms with Crippen LogP contribution in [0.3, 0.4) is 0 Å². The summed E-state index contributed by atoms with van der Waals surface area (Å²) in [5, 5.41) is 7.11. The van der Waals surface area contributed by atoms with Crippen molar-refractivity contribution in [3.63, 3.8) is 0 Å². The van der Waals surface area contributed by atoms with Crippen LogP contribution in [-0.4, -0.2) is 70.2 Å². The lowest BCUT2D eigenvalue weighted by atomic mass is 9.88. The molecule has 1 aliphatic heterocycles. The first kappa shape index (κ1) is 21.4. The van der Waals surface area contributed by atoms with E-state index in [0.717, 1.165) is 13.1 Å². The van der Waals surface area contributed by atoms with Crippen LogP contribution in [-0.2, 0) is 9.59 Å². The van der Waals surface area contributed by atoms with Crippen molar-refractivity contribution in [2.24, 2.45) is 11.8 Å². The summed E-state index contributed by atoms with van der Waals surface area (Å²) in [6.07, 6.45) is 4.65. The molecule has 152 valence electrons. The minimum atomic E-state index is -0.425. The van der Waals surface area contributed by atoms with Crippen LogP contribution >= 0.6 is 0 Å². The smallest absolute Gasteiger partial charge is 0.247 e. The Labute approximate surface area is 163 Å². The highest BCUT2D eigenvalue weighted by molar-refractivity contribution is 5.86. The molecule has 7 heteroatoms. The van der Waals surface area contributed by atoms with Gasteiger partial charge in [-0.3, -0.25) is 19.2 Å². The molecule has 1 N–H and O–H groups in total. The van der Waals surface area contributed by atoms with Gasteiger partial charge in [-0.25, -0.2) is 0 Å². The van der Waals surface area contributed by atoms with E-state index in [2.05, 4.69) is 43.0 Å². The van der Waals surface area contributed by atoms with E-state index in [0.29, 0.717) is 18.4 Å². The normalized spacial score (nSPS) is 22.3. The molecule has 27 heavy (non-hydrogen) atoms. The Morgan fingerprint density at radius 1 is 1.30 bits per heavy atom. The van der Waals surface area contributed by atoms with Gasteiger partial charge in [0.15, 0.2) is 0 Å². The SMILES string of the molecule is CC1CC(C)CN(C(C)(C)CNC(=O)CN(C)C(=O)C(C)n2cccn2)C1. The predicted molar refractivity (Wildman–Crippen MR) is 106 cm³/mol. The maximum atomic E-state index is 12.5. The van der Waals surface area contributed by atoms with Crippen LogP contribution in [0.1, 0.15) is 47.1 Å². The topological polar surface area (TPSA) is 70.5 Å². The number of rotatable bonds is 7. The second-order valence-corrected chi connectivity index (χ2v) is 8.80. The van der Waals surface area contributed by atoms with Crippen LogP contribution in [0.4, 0.5) is 0 Å². The summed E-state index contributed by atoms with van der Waals surface area (Å²) in [5.41, 5.74) is -0.108. The molecule has 1 saturated heterocycles. The Hall–Kier alpha value is -1.89. The number of carbonyl (C=O) groups excluding carboxylic acids is 2. The first-order valence-electron chi connectivity index (χ1n) is 9.86. The number of amides is 2. The highest BCUT2D eigenvalue weighted by Gasteiger charge is 2.33. The molecule has 1 fully saturated rings. The van der Waals surface area contributed by atoms with Gasteiger partial charge in [0.2, 0.25) is 11.8 Å². The van der Waals surface area contributed by atoms with Gasteiger partial charge in [-0.05, 0) is 45.1 Å². The highest BCUT2D eigenvalue weighted by Crippen LogP contribution is 2.26. The molecule has 1 aliphatic rings. The van der Waals surface area contributed by atoms with Gasteiger partial charge in [-0.2, -0.15) is 5.10 Å². The van der Waals surface area contributed by atoms with Crippen molar-refractivity contribution in [1.82, 2.24) is 24.9 Å². The summed E-state index contributed by atoms with van der Waals surface area (Å²) in [5.74, 6) is 1.09. The molecule has 0 aromatic carbocycles. The van der Waals surface area contributed by atoms with Crippen molar-refractivity contribution in [3.05, 3.63) is 18.5 Å². The van der Waals surface area contributed by atoms with E-state index < -0.39 is 6.04 Å². The maximum absolute atomic E-state index is 12.5. The van der Waals surface area contributed by atoms with E-state index in [4.69, 9.17) is 0 Å². The van der Waals surface area contributed by atoms with Crippen molar-refractivity contribution in [2.75, 3.05) is 33.2 Å². The zero-order chi connectivity index (χ0) is 20.2. The van der Waals surface area contributed by atoms with Crippen LogP contribution < -0.4 is 5.32 Å². The van der Waals surface area contributed by atoms with Crippen molar-refractivity contribution in [2.45, 2.75) is 52.6 Å². The average Bonchev–Trinajstić information content (AvgIpc) is 3.12. The fourth-order valence-electron chi connectivity index (χ4n) is 3.87. The number of nitrogens with one attached hydrogen (secondary N) is 1. The van der Waals surface area contributed by atoms with Gasteiger partial charge in [0.05, 0.1) is 6.54 Å². The number of piperidine rings is 1. The standard InChI is InChI=1S/C20H35N5O2/c1-15-10-16(2)12-24(11-15)20(4,5)14-21-18(26)13-23(6)19(27)17(3)25-9-7-8-22-25/h7-9,15-17H,10-14H2,1-6H3,(H,21,26). The van der Waals surface area contributed by atoms with Gasteiger partial charge in [0, 0.05) is 44.6 Å². The largest absolute Gasteiger partial charge is 0.353 e. The second-order valence-electron chi connectivity index (χ2n) is 8.80. The summed E-state index contributed by atoms with van der Waals surface area (Å²) in [7, 11) is 1.65. The summed E-state index contributed by atoms with van der Waals surface area (Å²) in [6, 6.07) is 1.35. The van der Waals surface area contributed by atoms with E-state index in [-0.39, 0.29) is 23.9 Å². The predicted octanol–water partition coefficient (Wildman–Crippen LogP) is 1.78. The van der Waals surface area contributed by atoms with Crippen LogP contribution in [0.2, 0.25) is 0 Å². The number of likely N-dealkylation sites (tertiary alicyclic amines) is 1. The van der Waals surface area contributed by atoms with Crippen molar-refractivity contribution in [1.29, 1.82) is 0 Å². The average molecular weight is 378 g/mol. The Morgan fingerprint density at radius 3 is 2.48 bits per heavy atom. The van der Waals surface area contributed by atoms with Gasteiger partial charge in [-0.15, -0.1) is 0 Å². The molecule has 1 aromatic rings. The maximum Gasteiger partial charge on any atom is 0.247 e. The first-order chi connectivity index (χ1) is 12.6. The first-order valence-corrected chi connectivity index (χ1v) is 9.86. The van der Waals surface area contributed by atoms with Gasteiger partial charge >= 0.3 is 0 Å². The fourth-order valence-corrected chi connectivity index (χ4v) is 3.87. The summed E-state index contributed by atoms with van der Waals surface area (Å²) >= 11 is 0. The van der Waals surface area contributed by atoms with E-state index in [1.165, 1.54) is 11.3 Å². The molecule has 0 radical (unpaired) electrons. The fraction of sp³-hybridized carbons (Fsp3) is 0.750. The third kappa shape index (κ3) is 5.79. The van der Waals surface area contributed by atoms with Gasteiger partial charge in [0.1, 0.15) is 6.04 Å². The molecule has 3 unspecified atom stereocenters. The molecular formula is C20H35N5O2. The zero-order valence-electron chi connectivity index (χ0n) is 17.6. The number of likely N-dealkylation sites (N-methyl/N-ethyl adjacent to an activating group) is 1. The van der Waals surface area contributed by atoms with Gasteiger partial charge < -0.3 is 10.2 Å². The number of nitrogens with zero attached hydrogens (tertiary/aromatic N) is 4. The minimum absolute atomic E-state index is 0.0489. The Kier molecular flexibility index (Phi) is 7.03. The van der Waals surface area contributed by atoms with Crippen molar-refractivity contribution in [3.8, 4) is 0 Å². The molecule has 2 rings (SSSR count). The second kappa shape index (κ2) is 8.87. The summed E-state index contributed by atoms with van der Waals surface area (Å²) < 4.78 is 1.60. The summed E-state index contributed by atoms with van der Waals surface area (Å²) in [6.45, 7) is 13.5. The zero-order valence-corrected chi connectivity index (χ0v) is 17.6. The lowest BCUT2D eigenvalue weighted by molar-refractivity contribution is -0.137. The molecule has 0 saturated carbocycles. The van der Waals surface area contributed by atoms with E-state index in [1.807, 2.05) is 0 Å². The molecular weight excluding hydrogens is 342 g/mol. The molecule has 0 aliphatic carbocycles. The van der Waals surface area contributed by atoms with E-state index in [9.17, 15) is 9.59 Å². The highest BCUT2D eigenvalue weighted by atomic mass is 16.2. The minimum Gasteiger partial charge on any atom is -0.353 e. The number of hydrogen-bond donors (Lipinski definition) is 1. The molecule has 7 nitrogen and oxygen atoms in total. The van der Waals surface area contributed by atoms with Crippen LogP contribution in [0.5, 0.6) is 0 Å². The number of hydrogen-bond acceptors (Lipinski definition) is 4. The Morgan fingerprint density at radius 2 is 1.93 bits per heavy atom. The van der Waals surface area contributed by atoms with E-state index in [1.54, 1.807) is 37.1 Å². The third-order valence-electron chi connectivity index (χ3n) is 5.48. The Balaban J connectivity index is 1.83. The molecule has 0 spiro atoms. The molecule has 2 amide bonds. The molecule has 1 aromatic heterocycles. The quantitative estimate of drug-likeness (QED) is 0.786. The number of aromatic nitrogens is 2. The van der Waals surface area contributed by atoms with Crippen molar-refractivity contribution < 1.29 is 9.59 Å². The monoisotopic (exact) mass is 377 g/mol. The van der Waals surface area contributed by atoms with E-state index >= 15 is 0 Å². The lowest BCUT2D eigenvalue weighted by Crippen LogP contribution is -2.56. The molecule has 2 heterocycles. The Bertz CT molecular complexity index is 618. The molecule has 0 bridgehead atoms.